The van der Waals surface area contributed by atoms with Crippen molar-refractivity contribution in [2.24, 2.45) is 0 Å². The molecular weight excluding hydrogens is 414 g/mol. The van der Waals surface area contributed by atoms with Crippen LogP contribution in [0.1, 0.15) is 34.1 Å². The number of H-pyrrole nitrogens is 1. The Morgan fingerprint density at radius 1 is 1.06 bits per heavy atom. The fourth-order valence-corrected chi connectivity index (χ4v) is 4.23. The zero-order chi connectivity index (χ0) is 21.4. The van der Waals surface area contributed by atoms with Gasteiger partial charge in [-0.05, 0) is 36.2 Å². The second-order valence-electron chi connectivity index (χ2n) is 7.51. The molecule has 1 atom stereocenters. The largest absolute Gasteiger partial charge is 0.508 e. The van der Waals surface area contributed by atoms with Gasteiger partial charge >= 0.3 is 0 Å². The van der Waals surface area contributed by atoms with Crippen LogP contribution >= 0.6 is 11.6 Å². The number of rotatable bonds is 6. The fraction of sp³-hybridized carbons (Fsp3) is 0.174. The van der Waals surface area contributed by atoms with E-state index in [9.17, 15) is 9.90 Å². The Morgan fingerprint density at radius 2 is 1.84 bits per heavy atom. The molecule has 0 aliphatic carbocycles. The Balaban J connectivity index is 1.52. The van der Waals surface area contributed by atoms with Gasteiger partial charge in [0.2, 0.25) is 0 Å². The Kier molecular flexibility index (Phi) is 4.95. The number of aromatic hydroxyl groups is 1. The molecule has 1 aliphatic rings. The zero-order valence-electron chi connectivity index (χ0n) is 16.6. The number of aromatic amines is 1. The minimum absolute atomic E-state index is 0.0774. The van der Waals surface area contributed by atoms with Gasteiger partial charge in [-0.2, -0.15) is 5.10 Å². The zero-order valence-corrected chi connectivity index (χ0v) is 17.3. The van der Waals surface area contributed by atoms with Crippen LogP contribution in [0.2, 0.25) is 5.02 Å². The van der Waals surface area contributed by atoms with Crippen molar-refractivity contribution in [1.82, 2.24) is 24.6 Å². The lowest BCUT2D eigenvalue weighted by molar-refractivity contribution is 0.0739. The van der Waals surface area contributed by atoms with Gasteiger partial charge in [0.05, 0.1) is 18.1 Å². The number of phenolic OH excluding ortho intramolecular Hbond substituents is 1. The first-order valence-corrected chi connectivity index (χ1v) is 10.4. The van der Waals surface area contributed by atoms with Gasteiger partial charge in [-0.15, -0.1) is 0 Å². The highest BCUT2D eigenvalue weighted by molar-refractivity contribution is 6.30. The van der Waals surface area contributed by atoms with Crippen LogP contribution in [0.5, 0.6) is 5.75 Å². The quantitative estimate of drug-likeness (QED) is 0.475. The van der Waals surface area contributed by atoms with E-state index in [0.29, 0.717) is 17.3 Å². The lowest BCUT2D eigenvalue weighted by Gasteiger charge is -2.26. The van der Waals surface area contributed by atoms with E-state index >= 15 is 0 Å². The van der Waals surface area contributed by atoms with Crippen molar-refractivity contribution in [2.75, 3.05) is 6.54 Å². The van der Waals surface area contributed by atoms with E-state index in [2.05, 4.69) is 15.2 Å². The summed E-state index contributed by atoms with van der Waals surface area (Å²) in [7, 11) is 0. The molecule has 2 aromatic heterocycles. The van der Waals surface area contributed by atoms with Crippen LogP contribution in [-0.2, 0) is 6.54 Å². The number of phenols is 1. The van der Waals surface area contributed by atoms with Crippen molar-refractivity contribution in [3.63, 3.8) is 0 Å². The molecule has 31 heavy (non-hydrogen) atoms. The number of carbonyl (C=O) groups is 1. The van der Waals surface area contributed by atoms with E-state index in [1.54, 1.807) is 24.7 Å². The van der Waals surface area contributed by atoms with Gasteiger partial charge in [0.1, 0.15) is 11.4 Å². The highest BCUT2D eigenvalue weighted by atomic mass is 35.5. The van der Waals surface area contributed by atoms with Crippen molar-refractivity contribution >= 4 is 17.5 Å². The molecule has 2 aromatic carbocycles. The van der Waals surface area contributed by atoms with Crippen molar-refractivity contribution in [3.05, 3.63) is 89.1 Å². The number of imidazole rings is 1. The monoisotopic (exact) mass is 433 g/mol. The smallest absolute Gasteiger partial charge is 0.273 e. The van der Waals surface area contributed by atoms with E-state index in [1.807, 2.05) is 52.1 Å². The molecule has 8 heteroatoms. The average molecular weight is 434 g/mol. The Morgan fingerprint density at radius 3 is 2.55 bits per heavy atom. The predicted molar refractivity (Wildman–Crippen MR) is 117 cm³/mol. The molecule has 4 aromatic rings. The number of aromatic nitrogens is 4. The van der Waals surface area contributed by atoms with E-state index in [-0.39, 0.29) is 17.7 Å². The van der Waals surface area contributed by atoms with Gasteiger partial charge in [-0.3, -0.25) is 9.89 Å². The van der Waals surface area contributed by atoms with Gasteiger partial charge < -0.3 is 14.6 Å². The third-order valence-electron chi connectivity index (χ3n) is 5.56. The summed E-state index contributed by atoms with van der Waals surface area (Å²) in [5, 5.41) is 17.8. The molecule has 0 radical (unpaired) electrons. The lowest BCUT2D eigenvalue weighted by atomic mass is 9.96. The molecule has 7 nitrogen and oxygen atoms in total. The fourth-order valence-electron chi connectivity index (χ4n) is 4.10. The molecule has 1 amide bonds. The third kappa shape index (κ3) is 3.57. The minimum atomic E-state index is -0.296. The van der Waals surface area contributed by atoms with E-state index < -0.39 is 0 Å². The Labute approximate surface area is 183 Å². The topological polar surface area (TPSA) is 87.0 Å². The van der Waals surface area contributed by atoms with Crippen LogP contribution in [0.25, 0.3) is 11.3 Å². The molecule has 156 valence electrons. The van der Waals surface area contributed by atoms with E-state index in [4.69, 9.17) is 11.6 Å². The number of hydrogen-bond donors (Lipinski definition) is 2. The minimum Gasteiger partial charge on any atom is -0.508 e. The highest BCUT2D eigenvalue weighted by Gasteiger charge is 2.41. The summed E-state index contributed by atoms with van der Waals surface area (Å²) in [6.45, 7) is 1.34. The summed E-state index contributed by atoms with van der Waals surface area (Å²) in [6, 6.07) is 14.1. The third-order valence-corrected chi connectivity index (χ3v) is 5.82. The SMILES string of the molecule is O=C1c2[nH]nc(-c3ccc(Cl)cc3)c2C(c2ccc(O)cc2)N1CCCn1ccnc1. The number of benzene rings is 2. The second-order valence-corrected chi connectivity index (χ2v) is 7.95. The maximum absolute atomic E-state index is 13.3. The van der Waals surface area contributed by atoms with Gasteiger partial charge in [-0.1, -0.05) is 35.9 Å². The molecular formula is C23H20ClN5O2. The summed E-state index contributed by atoms with van der Waals surface area (Å²) in [5.74, 6) is 0.108. The van der Waals surface area contributed by atoms with Gasteiger partial charge in [-0.25, -0.2) is 4.98 Å². The second kappa shape index (κ2) is 7.92. The number of fused-ring (bicyclic) bond motifs is 1. The molecule has 1 unspecified atom stereocenters. The van der Waals surface area contributed by atoms with Crippen LogP contribution in [0.15, 0.2) is 67.3 Å². The molecule has 3 heterocycles. The number of halogens is 1. The summed E-state index contributed by atoms with van der Waals surface area (Å²) in [4.78, 5) is 19.2. The maximum Gasteiger partial charge on any atom is 0.273 e. The van der Waals surface area contributed by atoms with Crippen molar-refractivity contribution in [2.45, 2.75) is 19.0 Å². The highest BCUT2D eigenvalue weighted by Crippen LogP contribution is 2.43. The lowest BCUT2D eigenvalue weighted by Crippen LogP contribution is -2.31. The van der Waals surface area contributed by atoms with Crippen LogP contribution < -0.4 is 0 Å². The molecule has 2 N–H and O–H groups in total. The molecule has 0 saturated carbocycles. The molecule has 0 spiro atoms. The number of hydrogen-bond acceptors (Lipinski definition) is 4. The molecule has 1 aliphatic heterocycles. The molecule has 0 saturated heterocycles. The first-order chi connectivity index (χ1) is 15.1. The van der Waals surface area contributed by atoms with Crippen LogP contribution in [-0.4, -0.2) is 42.2 Å². The standard InChI is InChI=1S/C23H20ClN5O2/c24-17-6-2-15(3-7-17)20-19-21(27-26-20)23(31)29(12-1-11-28-13-10-25-14-28)22(19)16-4-8-18(30)9-5-16/h2-10,13-14,22,30H,1,11-12H2,(H,26,27). The van der Waals surface area contributed by atoms with Gasteiger partial charge in [0, 0.05) is 41.6 Å². The number of nitrogens with one attached hydrogen (secondary N) is 1. The van der Waals surface area contributed by atoms with E-state index in [1.165, 1.54) is 0 Å². The summed E-state index contributed by atoms with van der Waals surface area (Å²) >= 11 is 6.05. The number of nitrogens with zero attached hydrogens (tertiary/aromatic N) is 4. The van der Waals surface area contributed by atoms with Crippen molar-refractivity contribution < 1.29 is 9.90 Å². The maximum atomic E-state index is 13.3. The predicted octanol–water partition coefficient (Wildman–Crippen LogP) is 4.27. The first-order valence-electron chi connectivity index (χ1n) is 10.0. The first kappa shape index (κ1) is 19.4. The number of aryl methyl sites for hydroxylation is 1. The Bertz CT molecular complexity index is 1200. The van der Waals surface area contributed by atoms with Gasteiger partial charge in [0.15, 0.2) is 0 Å². The summed E-state index contributed by atoms with van der Waals surface area (Å²) in [5.41, 5.74) is 3.89. The summed E-state index contributed by atoms with van der Waals surface area (Å²) in [6.07, 6.45) is 6.21. The molecule has 5 rings (SSSR count). The summed E-state index contributed by atoms with van der Waals surface area (Å²) < 4.78 is 2.00. The molecule has 0 fully saturated rings. The van der Waals surface area contributed by atoms with Crippen LogP contribution in [0.3, 0.4) is 0 Å². The van der Waals surface area contributed by atoms with Gasteiger partial charge in [0.25, 0.3) is 5.91 Å². The van der Waals surface area contributed by atoms with Crippen LogP contribution in [0, 0.1) is 0 Å². The van der Waals surface area contributed by atoms with Crippen molar-refractivity contribution in [1.29, 1.82) is 0 Å². The normalized spacial score (nSPS) is 15.5. The van der Waals surface area contributed by atoms with Crippen LogP contribution in [0.4, 0.5) is 0 Å². The average Bonchev–Trinajstić information content (AvgIpc) is 3.49. The number of amides is 1. The Hall–Kier alpha value is -3.58. The van der Waals surface area contributed by atoms with Crippen molar-refractivity contribution in [3.8, 4) is 17.0 Å². The number of carbonyl (C=O) groups excluding carboxylic acids is 1. The molecule has 0 bridgehead atoms. The van der Waals surface area contributed by atoms with E-state index in [0.717, 1.165) is 35.3 Å².